The number of anilines is 1. The monoisotopic (exact) mass is 443 g/mol. The fraction of sp³-hybridized carbons (Fsp3) is 0.136. The number of benzene rings is 2. The summed E-state index contributed by atoms with van der Waals surface area (Å²) in [6, 6.07) is 14.2. The lowest BCUT2D eigenvalue weighted by Gasteiger charge is -2.16. The molecule has 0 bridgehead atoms. The average Bonchev–Trinajstić information content (AvgIpc) is 3.15. The van der Waals surface area contributed by atoms with Crippen LogP contribution in [0.15, 0.2) is 47.5 Å². The molecule has 0 unspecified atom stereocenters. The summed E-state index contributed by atoms with van der Waals surface area (Å²) in [5.41, 5.74) is 13.6. The van der Waals surface area contributed by atoms with Crippen molar-refractivity contribution < 1.29 is 9.47 Å². The number of rotatable bonds is 6. The number of hydrogen-bond donors (Lipinski definition) is 3. The van der Waals surface area contributed by atoms with E-state index in [1.807, 2.05) is 19.0 Å². The summed E-state index contributed by atoms with van der Waals surface area (Å²) in [4.78, 5) is 22.2. The summed E-state index contributed by atoms with van der Waals surface area (Å²) in [6.45, 7) is 1.80. The molecule has 4 aromatic rings. The predicted molar refractivity (Wildman–Crippen MR) is 124 cm³/mol. The number of guanidine groups is 1. The first-order chi connectivity index (χ1) is 15.8. The topological polar surface area (TPSA) is 164 Å². The second kappa shape index (κ2) is 8.72. The first-order valence-corrected chi connectivity index (χ1v) is 9.84. The van der Waals surface area contributed by atoms with Gasteiger partial charge in [-0.25, -0.2) is 9.98 Å². The van der Waals surface area contributed by atoms with E-state index in [9.17, 15) is 5.26 Å². The second-order valence-electron chi connectivity index (χ2n) is 7.23. The maximum Gasteiger partial charge on any atom is 0.327 e. The number of nitrogens with zero attached hydrogens (tertiary/aromatic N) is 6. The van der Waals surface area contributed by atoms with Crippen LogP contribution in [-0.4, -0.2) is 40.0 Å². The fourth-order valence-corrected chi connectivity index (χ4v) is 3.11. The minimum Gasteiger partial charge on any atom is -0.437 e. The van der Waals surface area contributed by atoms with Crippen molar-refractivity contribution >= 4 is 28.5 Å². The fourth-order valence-electron chi connectivity index (χ4n) is 3.11. The number of aromatic amines is 1. The van der Waals surface area contributed by atoms with Crippen LogP contribution >= 0.6 is 0 Å². The van der Waals surface area contributed by atoms with Gasteiger partial charge >= 0.3 is 6.01 Å². The van der Waals surface area contributed by atoms with Gasteiger partial charge in [-0.3, -0.25) is 0 Å². The Balaban J connectivity index is 1.76. The molecule has 0 amide bonds. The molecule has 0 saturated heterocycles. The Kier molecular flexibility index (Phi) is 5.65. The highest BCUT2D eigenvalue weighted by molar-refractivity contribution is 5.80. The van der Waals surface area contributed by atoms with Crippen LogP contribution in [0.1, 0.15) is 11.4 Å². The molecule has 0 fully saturated rings. The Hall–Kier alpha value is -4.85. The Morgan fingerprint density at radius 1 is 1.09 bits per heavy atom. The number of aliphatic imine (C=N–C) groups is 1. The molecule has 11 heteroatoms. The highest BCUT2D eigenvalue weighted by Gasteiger charge is 2.17. The molecule has 0 aliphatic carbocycles. The average molecular weight is 443 g/mol. The van der Waals surface area contributed by atoms with Gasteiger partial charge in [0, 0.05) is 20.2 Å². The van der Waals surface area contributed by atoms with Gasteiger partial charge in [0.2, 0.25) is 0 Å². The van der Waals surface area contributed by atoms with E-state index in [4.69, 9.17) is 20.9 Å². The van der Waals surface area contributed by atoms with Crippen LogP contribution in [0.2, 0.25) is 0 Å². The first-order valence-electron chi connectivity index (χ1n) is 9.84. The summed E-state index contributed by atoms with van der Waals surface area (Å²) in [7, 11) is 3.70. The van der Waals surface area contributed by atoms with Crippen molar-refractivity contribution in [1.29, 1.82) is 5.26 Å². The van der Waals surface area contributed by atoms with Crippen molar-refractivity contribution in [2.24, 2.45) is 16.5 Å². The van der Waals surface area contributed by atoms with E-state index in [0.717, 1.165) is 0 Å². The minimum absolute atomic E-state index is 0.00345. The third kappa shape index (κ3) is 4.59. The smallest absolute Gasteiger partial charge is 0.327 e. The minimum atomic E-state index is -0.105. The van der Waals surface area contributed by atoms with E-state index in [1.54, 1.807) is 49.4 Å². The summed E-state index contributed by atoms with van der Waals surface area (Å²) < 4.78 is 11.9. The molecule has 0 aliphatic rings. The number of para-hydroxylation sites is 2. The number of nitriles is 1. The zero-order valence-electron chi connectivity index (χ0n) is 18.2. The van der Waals surface area contributed by atoms with Crippen molar-refractivity contribution in [2.75, 3.05) is 19.0 Å². The van der Waals surface area contributed by atoms with Crippen molar-refractivity contribution in [1.82, 2.24) is 19.9 Å². The molecule has 2 aromatic carbocycles. The van der Waals surface area contributed by atoms with Crippen molar-refractivity contribution in [2.45, 2.75) is 6.92 Å². The molecule has 0 aliphatic heterocycles. The van der Waals surface area contributed by atoms with Crippen LogP contribution in [0.3, 0.4) is 0 Å². The number of ether oxygens (including phenoxy) is 2. The molecule has 2 heterocycles. The summed E-state index contributed by atoms with van der Waals surface area (Å²) in [6.07, 6.45) is 0. The van der Waals surface area contributed by atoms with Crippen LogP contribution in [0.25, 0.3) is 11.2 Å². The zero-order valence-corrected chi connectivity index (χ0v) is 18.2. The van der Waals surface area contributed by atoms with Crippen LogP contribution in [0.4, 0.5) is 11.4 Å². The summed E-state index contributed by atoms with van der Waals surface area (Å²) in [5.74, 6) is 1.58. The second-order valence-corrected chi connectivity index (χ2v) is 7.23. The molecule has 0 saturated carbocycles. The zero-order chi connectivity index (χ0) is 23.5. The van der Waals surface area contributed by atoms with Gasteiger partial charge in [-0.15, -0.1) is 0 Å². The molecule has 166 valence electrons. The molecule has 0 atom stereocenters. The highest BCUT2D eigenvalue weighted by Crippen LogP contribution is 2.34. The summed E-state index contributed by atoms with van der Waals surface area (Å²) in [5, 5.41) is 9.35. The number of aromatic nitrogens is 4. The Morgan fingerprint density at radius 2 is 1.88 bits per heavy atom. The maximum absolute atomic E-state index is 9.35. The number of nitrogens with one attached hydrogen (secondary N) is 1. The van der Waals surface area contributed by atoms with Gasteiger partial charge in [0.15, 0.2) is 17.4 Å². The van der Waals surface area contributed by atoms with Crippen LogP contribution in [0.5, 0.6) is 23.4 Å². The molecule has 11 nitrogen and oxygen atoms in total. The van der Waals surface area contributed by atoms with E-state index in [1.165, 1.54) is 0 Å². The van der Waals surface area contributed by atoms with Crippen LogP contribution < -0.4 is 25.8 Å². The molecule has 33 heavy (non-hydrogen) atoms. The maximum atomic E-state index is 9.35. The van der Waals surface area contributed by atoms with Gasteiger partial charge in [-0.1, -0.05) is 12.1 Å². The van der Waals surface area contributed by atoms with Crippen LogP contribution in [0, 0.1) is 18.3 Å². The number of hydrogen-bond acceptors (Lipinski definition) is 8. The lowest BCUT2D eigenvalue weighted by atomic mass is 10.2. The molecule has 5 N–H and O–H groups in total. The van der Waals surface area contributed by atoms with Gasteiger partial charge < -0.3 is 30.8 Å². The SMILES string of the molecule is Cc1nc2nc(Oc3ccccc3N=C(N)N)nc(Oc3ccc(C#N)c(N(C)C)c3)c2[nH]1. The lowest BCUT2D eigenvalue weighted by Crippen LogP contribution is -2.21. The molecule has 4 rings (SSSR count). The highest BCUT2D eigenvalue weighted by atomic mass is 16.5. The predicted octanol–water partition coefficient (Wildman–Crippen LogP) is 3.09. The van der Waals surface area contributed by atoms with Crippen molar-refractivity contribution in [3.8, 4) is 29.5 Å². The van der Waals surface area contributed by atoms with Gasteiger partial charge in [0.25, 0.3) is 5.88 Å². The summed E-state index contributed by atoms with van der Waals surface area (Å²) >= 11 is 0. The van der Waals surface area contributed by atoms with E-state index < -0.39 is 0 Å². The first kappa shape index (κ1) is 21.4. The third-order valence-corrected chi connectivity index (χ3v) is 4.52. The quantitative estimate of drug-likeness (QED) is 0.300. The molecular weight excluding hydrogens is 422 g/mol. The van der Waals surface area contributed by atoms with E-state index in [0.29, 0.717) is 45.4 Å². The largest absolute Gasteiger partial charge is 0.437 e. The van der Waals surface area contributed by atoms with Crippen LogP contribution in [-0.2, 0) is 0 Å². The van der Waals surface area contributed by atoms with Gasteiger partial charge in [-0.2, -0.15) is 15.2 Å². The van der Waals surface area contributed by atoms with Gasteiger partial charge in [0.05, 0.1) is 11.3 Å². The van der Waals surface area contributed by atoms with Gasteiger partial charge in [0.1, 0.15) is 28.8 Å². The normalized spacial score (nSPS) is 10.5. The Labute approximate surface area is 189 Å². The molecule has 0 spiro atoms. The number of H-pyrrole nitrogens is 1. The molecule has 0 radical (unpaired) electrons. The van der Waals surface area contributed by atoms with E-state index in [2.05, 4.69) is 31.0 Å². The molecule has 2 aromatic heterocycles. The number of imidazole rings is 1. The Morgan fingerprint density at radius 3 is 2.61 bits per heavy atom. The lowest BCUT2D eigenvalue weighted by molar-refractivity contribution is 0.417. The van der Waals surface area contributed by atoms with E-state index in [-0.39, 0.29) is 17.9 Å². The standard InChI is InChI=1S/C22H21N9O2/c1-12-26-18-19(27-12)29-22(33-17-7-5-4-6-15(17)28-21(24)25)30-20(18)32-14-9-8-13(11-23)16(10-14)31(2)3/h4-10H,1-3H3,(H4,24,25,28)(H,26,27,29,30). The number of nitrogens with two attached hydrogens (primary N) is 2. The number of fused-ring (bicyclic) bond motifs is 1. The number of aryl methyl sites for hydroxylation is 1. The Bertz CT molecular complexity index is 1400. The third-order valence-electron chi connectivity index (χ3n) is 4.52. The van der Waals surface area contributed by atoms with Crippen molar-refractivity contribution in [3.05, 3.63) is 53.9 Å². The van der Waals surface area contributed by atoms with Crippen molar-refractivity contribution in [3.63, 3.8) is 0 Å². The van der Waals surface area contributed by atoms with Gasteiger partial charge in [-0.05, 0) is 31.2 Å². The van der Waals surface area contributed by atoms with E-state index >= 15 is 0 Å². The molecular formula is C22H21N9O2.